The summed E-state index contributed by atoms with van der Waals surface area (Å²) in [6.07, 6.45) is 6.51. The van der Waals surface area contributed by atoms with Gasteiger partial charge in [0.1, 0.15) is 5.69 Å². The maximum absolute atomic E-state index is 12.5. The molecule has 1 aromatic rings. The van der Waals surface area contributed by atoms with E-state index in [0.717, 1.165) is 32.5 Å². The number of nitrogens with one attached hydrogen (secondary N) is 1. The van der Waals surface area contributed by atoms with Crippen LogP contribution in [0, 0.1) is 5.92 Å². The van der Waals surface area contributed by atoms with E-state index in [9.17, 15) is 4.79 Å². The molecule has 1 amide bonds. The predicted molar refractivity (Wildman–Crippen MR) is 72.9 cm³/mol. The third-order valence-electron chi connectivity index (χ3n) is 4.42. The van der Waals surface area contributed by atoms with Gasteiger partial charge in [0.25, 0.3) is 5.91 Å². The molecule has 0 aliphatic carbocycles. The summed E-state index contributed by atoms with van der Waals surface area (Å²) in [5.41, 5.74) is 0.586. The number of amides is 1. The predicted octanol–water partition coefficient (Wildman–Crippen LogP) is 1.02. The maximum atomic E-state index is 12.5. The summed E-state index contributed by atoms with van der Waals surface area (Å²) in [7, 11) is 1.85. The van der Waals surface area contributed by atoms with Crippen LogP contribution in [-0.2, 0) is 7.05 Å². The van der Waals surface area contributed by atoms with Gasteiger partial charge in [0.05, 0.1) is 0 Å². The Morgan fingerprint density at radius 3 is 2.84 bits per heavy atom. The zero-order valence-electron chi connectivity index (χ0n) is 11.5. The fraction of sp³-hybridized carbons (Fsp3) is 0.714. The quantitative estimate of drug-likeness (QED) is 0.866. The third-order valence-corrected chi connectivity index (χ3v) is 4.42. The van der Waals surface area contributed by atoms with Crippen LogP contribution in [0.15, 0.2) is 12.3 Å². The van der Waals surface area contributed by atoms with Gasteiger partial charge < -0.3 is 10.2 Å². The molecule has 5 nitrogen and oxygen atoms in total. The monoisotopic (exact) mass is 262 g/mol. The van der Waals surface area contributed by atoms with Gasteiger partial charge in [-0.15, -0.1) is 0 Å². The molecule has 0 spiro atoms. The molecule has 104 valence electrons. The zero-order chi connectivity index (χ0) is 13.2. The number of likely N-dealkylation sites (tertiary alicyclic amines) is 1. The summed E-state index contributed by atoms with van der Waals surface area (Å²) in [4.78, 5) is 14.6. The van der Waals surface area contributed by atoms with E-state index in [4.69, 9.17) is 0 Å². The molecule has 1 N–H and O–H groups in total. The summed E-state index contributed by atoms with van der Waals surface area (Å²) < 4.78 is 1.70. The highest BCUT2D eigenvalue weighted by molar-refractivity contribution is 5.92. The lowest BCUT2D eigenvalue weighted by Gasteiger charge is -2.34. The van der Waals surface area contributed by atoms with Gasteiger partial charge in [-0.3, -0.25) is 9.48 Å². The molecule has 2 fully saturated rings. The number of piperidine rings is 1. The molecule has 1 atom stereocenters. The van der Waals surface area contributed by atoms with Crippen LogP contribution in [0.3, 0.4) is 0 Å². The van der Waals surface area contributed by atoms with Crippen LogP contribution >= 0.6 is 0 Å². The minimum Gasteiger partial charge on any atom is -0.334 e. The lowest BCUT2D eigenvalue weighted by molar-refractivity contribution is 0.0659. The molecule has 2 aliphatic rings. The van der Waals surface area contributed by atoms with Crippen molar-refractivity contribution in [2.24, 2.45) is 13.0 Å². The van der Waals surface area contributed by atoms with Crippen molar-refractivity contribution >= 4 is 5.91 Å². The molecule has 3 rings (SSSR count). The lowest BCUT2D eigenvalue weighted by atomic mass is 9.88. The topological polar surface area (TPSA) is 50.2 Å². The molecule has 3 heterocycles. The van der Waals surface area contributed by atoms with Crippen molar-refractivity contribution in [1.29, 1.82) is 0 Å². The van der Waals surface area contributed by atoms with Gasteiger partial charge in [0.15, 0.2) is 0 Å². The first kappa shape index (κ1) is 12.7. The van der Waals surface area contributed by atoms with E-state index in [1.165, 1.54) is 12.8 Å². The number of aromatic nitrogens is 2. The minimum atomic E-state index is 0.113. The number of aryl methyl sites for hydroxylation is 1. The largest absolute Gasteiger partial charge is 0.334 e. The Kier molecular flexibility index (Phi) is 3.55. The summed E-state index contributed by atoms with van der Waals surface area (Å²) in [6.45, 7) is 3.07. The van der Waals surface area contributed by atoms with Gasteiger partial charge in [0.2, 0.25) is 0 Å². The molecule has 2 saturated heterocycles. The Balaban J connectivity index is 1.73. The molecule has 1 unspecified atom stereocenters. The van der Waals surface area contributed by atoms with Gasteiger partial charge in [0, 0.05) is 25.8 Å². The smallest absolute Gasteiger partial charge is 0.274 e. The van der Waals surface area contributed by atoms with Crippen LogP contribution in [0.1, 0.15) is 36.2 Å². The Morgan fingerprint density at radius 2 is 2.16 bits per heavy atom. The van der Waals surface area contributed by atoms with Crippen LogP contribution in [0.2, 0.25) is 0 Å². The van der Waals surface area contributed by atoms with Gasteiger partial charge >= 0.3 is 0 Å². The highest BCUT2D eigenvalue weighted by atomic mass is 16.2. The second kappa shape index (κ2) is 5.33. The number of carbonyl (C=O) groups excluding carboxylic acids is 1. The molecular weight excluding hydrogens is 240 g/mol. The van der Waals surface area contributed by atoms with Gasteiger partial charge in [-0.1, -0.05) is 0 Å². The molecule has 2 aliphatic heterocycles. The van der Waals surface area contributed by atoms with Crippen LogP contribution in [-0.4, -0.2) is 46.3 Å². The highest BCUT2D eigenvalue weighted by Crippen LogP contribution is 2.30. The highest BCUT2D eigenvalue weighted by Gasteiger charge is 2.36. The summed E-state index contributed by atoms with van der Waals surface area (Å²) in [5, 5.41) is 7.65. The van der Waals surface area contributed by atoms with E-state index >= 15 is 0 Å². The van der Waals surface area contributed by atoms with Crippen molar-refractivity contribution in [3.8, 4) is 0 Å². The zero-order valence-corrected chi connectivity index (χ0v) is 11.5. The molecule has 19 heavy (non-hydrogen) atoms. The number of hydrogen-bond acceptors (Lipinski definition) is 3. The standard InChI is InChI=1S/C14H22N4O/c1-17-10-6-12(16-17)14(19)18-9-2-3-13(18)11-4-7-15-8-5-11/h6,10-11,13,15H,2-5,7-9H2,1H3. The Bertz CT molecular complexity index is 450. The first-order chi connectivity index (χ1) is 9.25. The molecule has 0 bridgehead atoms. The molecular formula is C14H22N4O. The van der Waals surface area contributed by atoms with Crippen molar-refractivity contribution in [1.82, 2.24) is 20.0 Å². The SMILES string of the molecule is Cn1ccc(C(=O)N2CCCC2C2CCNCC2)n1. The maximum Gasteiger partial charge on any atom is 0.274 e. The molecule has 1 aromatic heterocycles. The lowest BCUT2D eigenvalue weighted by Crippen LogP contribution is -2.44. The summed E-state index contributed by atoms with van der Waals surface area (Å²) in [5.74, 6) is 0.776. The van der Waals surface area contributed by atoms with Crippen molar-refractivity contribution in [3.63, 3.8) is 0 Å². The van der Waals surface area contributed by atoms with Gasteiger partial charge in [-0.2, -0.15) is 5.10 Å². The molecule has 0 aromatic carbocycles. The fourth-order valence-electron chi connectivity index (χ4n) is 3.44. The molecule has 0 saturated carbocycles. The first-order valence-electron chi connectivity index (χ1n) is 7.27. The Hall–Kier alpha value is -1.36. The molecule has 0 radical (unpaired) electrons. The van der Waals surface area contributed by atoms with Gasteiger partial charge in [-0.05, 0) is 50.8 Å². The number of nitrogens with zero attached hydrogens (tertiary/aromatic N) is 3. The summed E-state index contributed by atoms with van der Waals surface area (Å²) in [6, 6.07) is 2.25. The first-order valence-corrected chi connectivity index (χ1v) is 7.27. The van der Waals surface area contributed by atoms with Gasteiger partial charge in [-0.25, -0.2) is 0 Å². The van der Waals surface area contributed by atoms with E-state index in [1.54, 1.807) is 4.68 Å². The van der Waals surface area contributed by atoms with E-state index in [0.29, 0.717) is 17.7 Å². The fourth-order valence-corrected chi connectivity index (χ4v) is 3.44. The second-order valence-corrected chi connectivity index (χ2v) is 5.67. The Labute approximate surface area is 114 Å². The van der Waals surface area contributed by atoms with E-state index < -0.39 is 0 Å². The number of carbonyl (C=O) groups is 1. The number of rotatable bonds is 2. The average molecular weight is 262 g/mol. The van der Waals surface area contributed by atoms with Crippen molar-refractivity contribution < 1.29 is 4.79 Å². The van der Waals surface area contributed by atoms with E-state index in [2.05, 4.69) is 15.3 Å². The van der Waals surface area contributed by atoms with Crippen LogP contribution in [0.5, 0.6) is 0 Å². The van der Waals surface area contributed by atoms with Crippen LogP contribution in [0.4, 0.5) is 0 Å². The van der Waals surface area contributed by atoms with E-state index in [-0.39, 0.29) is 5.91 Å². The minimum absolute atomic E-state index is 0.113. The normalized spacial score (nSPS) is 24.9. The second-order valence-electron chi connectivity index (χ2n) is 5.67. The Morgan fingerprint density at radius 1 is 1.37 bits per heavy atom. The number of hydrogen-bond donors (Lipinski definition) is 1. The van der Waals surface area contributed by atoms with Crippen molar-refractivity contribution in [2.45, 2.75) is 31.7 Å². The van der Waals surface area contributed by atoms with Crippen LogP contribution < -0.4 is 5.32 Å². The van der Waals surface area contributed by atoms with Crippen LogP contribution in [0.25, 0.3) is 0 Å². The third kappa shape index (κ3) is 2.52. The molecule has 5 heteroatoms. The van der Waals surface area contributed by atoms with E-state index in [1.807, 2.05) is 19.3 Å². The van der Waals surface area contributed by atoms with Crippen molar-refractivity contribution in [3.05, 3.63) is 18.0 Å². The summed E-state index contributed by atoms with van der Waals surface area (Å²) >= 11 is 0. The van der Waals surface area contributed by atoms with Crippen molar-refractivity contribution in [2.75, 3.05) is 19.6 Å². The average Bonchev–Trinajstić information content (AvgIpc) is 3.07.